The molecule has 168 valence electrons. The third-order valence-electron chi connectivity index (χ3n) is 5.80. The molecule has 5 rings (SSSR count). The number of carbonyl (C=O) groups excluding carboxylic acids is 2. The van der Waals surface area contributed by atoms with Gasteiger partial charge >= 0.3 is 0 Å². The van der Waals surface area contributed by atoms with Gasteiger partial charge in [0.1, 0.15) is 16.3 Å². The number of nitrogens with one attached hydrogen (secondary N) is 2. The Kier molecular flexibility index (Phi) is 5.60. The van der Waals surface area contributed by atoms with Gasteiger partial charge in [0.25, 0.3) is 11.8 Å². The van der Waals surface area contributed by atoms with Crippen molar-refractivity contribution < 1.29 is 18.4 Å². The fourth-order valence-corrected chi connectivity index (χ4v) is 5.38. The van der Waals surface area contributed by atoms with Gasteiger partial charge in [0.15, 0.2) is 11.2 Å². The lowest BCUT2D eigenvalue weighted by Gasteiger charge is -2.09. The lowest BCUT2D eigenvalue weighted by molar-refractivity contribution is 0.0948. The molecule has 0 fully saturated rings. The molecule has 8 heteroatoms. The highest BCUT2D eigenvalue weighted by Crippen LogP contribution is 2.39. The van der Waals surface area contributed by atoms with E-state index in [2.05, 4.69) is 10.6 Å². The predicted octanol–water partition coefficient (Wildman–Crippen LogP) is 4.68. The van der Waals surface area contributed by atoms with Crippen LogP contribution in [0.2, 0.25) is 0 Å². The average Bonchev–Trinajstić information content (AvgIpc) is 3.55. The van der Waals surface area contributed by atoms with E-state index in [9.17, 15) is 14.4 Å². The minimum absolute atomic E-state index is 0.0905. The topological polar surface area (TPSA) is 102 Å². The fraction of sp³-hybridized carbons (Fsp3) is 0.240. The van der Waals surface area contributed by atoms with Crippen LogP contribution in [0, 0.1) is 0 Å². The standard InChI is InChI=1S/C25H22N2O5S/c1-2-14-8-9-19-17(11-14)18(28)12-20(32-19)23(29)27-25-22(16-6-3-7-21(16)33-25)24(30)26-13-15-5-4-10-31-15/h4-5,8-12H,2-3,6-7,13H2,1H3,(H,26,30)(H,27,29). The van der Waals surface area contributed by atoms with Crippen molar-refractivity contribution in [1.29, 1.82) is 0 Å². The van der Waals surface area contributed by atoms with Crippen molar-refractivity contribution in [3.05, 3.63) is 86.0 Å². The molecule has 0 spiro atoms. The molecule has 0 saturated carbocycles. The molecule has 3 aromatic heterocycles. The van der Waals surface area contributed by atoms with Crippen LogP contribution in [0.4, 0.5) is 5.00 Å². The zero-order valence-electron chi connectivity index (χ0n) is 18.0. The number of amides is 2. The molecule has 2 N–H and O–H groups in total. The van der Waals surface area contributed by atoms with Crippen LogP contribution in [0.25, 0.3) is 11.0 Å². The van der Waals surface area contributed by atoms with Crippen molar-refractivity contribution in [3.8, 4) is 0 Å². The van der Waals surface area contributed by atoms with Crippen molar-refractivity contribution >= 4 is 39.1 Å². The van der Waals surface area contributed by atoms with E-state index in [1.807, 2.05) is 13.0 Å². The first-order valence-corrected chi connectivity index (χ1v) is 11.7. The monoisotopic (exact) mass is 462 g/mol. The van der Waals surface area contributed by atoms with Gasteiger partial charge in [-0.25, -0.2) is 0 Å². The van der Waals surface area contributed by atoms with Crippen molar-refractivity contribution in [2.45, 2.75) is 39.2 Å². The SMILES string of the molecule is CCc1ccc2oc(C(=O)Nc3sc4c(c3C(=O)NCc3ccco3)CCC4)cc(=O)c2c1. The van der Waals surface area contributed by atoms with E-state index < -0.39 is 5.91 Å². The molecule has 1 aliphatic carbocycles. The second kappa shape index (κ2) is 8.71. The summed E-state index contributed by atoms with van der Waals surface area (Å²) < 4.78 is 11.0. The Labute approximate surface area is 193 Å². The van der Waals surface area contributed by atoms with E-state index in [-0.39, 0.29) is 23.6 Å². The third-order valence-corrected chi connectivity index (χ3v) is 7.01. The number of carbonyl (C=O) groups is 2. The molecule has 0 aliphatic heterocycles. The van der Waals surface area contributed by atoms with Crippen molar-refractivity contribution in [2.75, 3.05) is 5.32 Å². The van der Waals surface area contributed by atoms with Gasteiger partial charge in [-0.05, 0) is 61.1 Å². The van der Waals surface area contributed by atoms with Crippen molar-refractivity contribution in [1.82, 2.24) is 5.32 Å². The van der Waals surface area contributed by atoms with E-state index in [0.29, 0.717) is 27.3 Å². The summed E-state index contributed by atoms with van der Waals surface area (Å²) in [5, 5.41) is 6.58. The lowest BCUT2D eigenvalue weighted by atomic mass is 10.1. The molecule has 7 nitrogen and oxygen atoms in total. The molecule has 0 bridgehead atoms. The van der Waals surface area contributed by atoms with Crippen LogP contribution >= 0.6 is 11.3 Å². The Morgan fingerprint density at radius 2 is 2.00 bits per heavy atom. The molecule has 0 unspecified atom stereocenters. The van der Waals surface area contributed by atoms with Crippen LogP contribution in [0.5, 0.6) is 0 Å². The summed E-state index contributed by atoms with van der Waals surface area (Å²) in [6, 6.07) is 10.1. The minimum atomic E-state index is -0.562. The number of anilines is 1. The molecule has 3 heterocycles. The van der Waals surface area contributed by atoms with Gasteiger partial charge in [0.05, 0.1) is 23.8 Å². The summed E-state index contributed by atoms with van der Waals surface area (Å²) in [5.41, 5.74) is 2.55. The molecule has 33 heavy (non-hydrogen) atoms. The van der Waals surface area contributed by atoms with Gasteiger partial charge < -0.3 is 19.5 Å². The van der Waals surface area contributed by atoms with E-state index in [4.69, 9.17) is 8.83 Å². The fourth-order valence-electron chi connectivity index (χ4n) is 4.10. The van der Waals surface area contributed by atoms with Crippen LogP contribution in [0.15, 0.2) is 56.3 Å². The van der Waals surface area contributed by atoms with Gasteiger partial charge in [0, 0.05) is 10.9 Å². The maximum Gasteiger partial charge on any atom is 0.292 e. The van der Waals surface area contributed by atoms with Crippen LogP contribution < -0.4 is 16.1 Å². The number of thiophene rings is 1. The van der Waals surface area contributed by atoms with Crippen LogP contribution in [0.1, 0.15) is 56.0 Å². The van der Waals surface area contributed by atoms with E-state index in [1.54, 1.807) is 30.5 Å². The van der Waals surface area contributed by atoms with Gasteiger partial charge in [-0.1, -0.05) is 13.0 Å². The van der Waals surface area contributed by atoms with E-state index >= 15 is 0 Å². The number of fused-ring (bicyclic) bond motifs is 2. The maximum absolute atomic E-state index is 13.0. The number of rotatable bonds is 6. The Hall–Kier alpha value is -3.65. The Morgan fingerprint density at radius 3 is 2.79 bits per heavy atom. The van der Waals surface area contributed by atoms with Crippen LogP contribution in [-0.2, 0) is 25.8 Å². The molecule has 0 atom stereocenters. The van der Waals surface area contributed by atoms with Gasteiger partial charge in [-0.2, -0.15) is 0 Å². The normalized spacial score (nSPS) is 12.6. The van der Waals surface area contributed by atoms with Crippen LogP contribution in [0.3, 0.4) is 0 Å². The van der Waals surface area contributed by atoms with Crippen molar-refractivity contribution in [3.63, 3.8) is 0 Å². The second-order valence-corrected chi connectivity index (χ2v) is 9.04. The first-order chi connectivity index (χ1) is 16.0. The number of furan rings is 1. The number of benzene rings is 1. The van der Waals surface area contributed by atoms with Crippen LogP contribution in [-0.4, -0.2) is 11.8 Å². The summed E-state index contributed by atoms with van der Waals surface area (Å²) in [6.45, 7) is 2.26. The largest absolute Gasteiger partial charge is 0.467 e. The molecule has 1 aromatic carbocycles. The summed E-state index contributed by atoms with van der Waals surface area (Å²) >= 11 is 1.40. The lowest BCUT2D eigenvalue weighted by Crippen LogP contribution is -2.25. The predicted molar refractivity (Wildman–Crippen MR) is 126 cm³/mol. The quantitative estimate of drug-likeness (QED) is 0.433. The second-order valence-electron chi connectivity index (χ2n) is 7.94. The Morgan fingerprint density at radius 1 is 1.12 bits per heavy atom. The highest BCUT2D eigenvalue weighted by molar-refractivity contribution is 7.17. The molecule has 0 saturated heterocycles. The number of aryl methyl sites for hydroxylation is 2. The minimum Gasteiger partial charge on any atom is -0.467 e. The Bertz CT molecular complexity index is 1410. The first-order valence-electron chi connectivity index (χ1n) is 10.9. The zero-order chi connectivity index (χ0) is 22.9. The smallest absolute Gasteiger partial charge is 0.292 e. The third kappa shape index (κ3) is 4.09. The molecule has 4 aromatic rings. The van der Waals surface area contributed by atoms with Crippen molar-refractivity contribution in [2.24, 2.45) is 0 Å². The zero-order valence-corrected chi connectivity index (χ0v) is 18.8. The van der Waals surface area contributed by atoms with Gasteiger partial charge in [-0.3, -0.25) is 14.4 Å². The average molecular weight is 463 g/mol. The molecule has 0 radical (unpaired) electrons. The Balaban J connectivity index is 1.43. The summed E-state index contributed by atoms with van der Waals surface area (Å²) in [4.78, 5) is 39.7. The summed E-state index contributed by atoms with van der Waals surface area (Å²) in [5.74, 6) is -0.279. The van der Waals surface area contributed by atoms with E-state index in [1.165, 1.54) is 17.4 Å². The molecular formula is C25H22N2O5S. The molecule has 2 amide bonds. The van der Waals surface area contributed by atoms with Gasteiger partial charge in [-0.15, -0.1) is 11.3 Å². The molecular weight excluding hydrogens is 440 g/mol. The number of hydrogen-bond donors (Lipinski definition) is 2. The highest BCUT2D eigenvalue weighted by atomic mass is 32.1. The molecule has 1 aliphatic rings. The number of hydrogen-bond acceptors (Lipinski definition) is 6. The summed E-state index contributed by atoms with van der Waals surface area (Å²) in [7, 11) is 0. The van der Waals surface area contributed by atoms with Gasteiger partial charge in [0.2, 0.25) is 0 Å². The first kappa shape index (κ1) is 21.2. The maximum atomic E-state index is 13.0. The van der Waals surface area contributed by atoms with E-state index in [0.717, 1.165) is 41.7 Å². The highest BCUT2D eigenvalue weighted by Gasteiger charge is 2.28. The summed E-state index contributed by atoms with van der Waals surface area (Å²) in [6.07, 6.45) is 4.99.